The first-order chi connectivity index (χ1) is 8.08. The van der Waals surface area contributed by atoms with Gasteiger partial charge in [-0.05, 0) is 26.8 Å². The summed E-state index contributed by atoms with van der Waals surface area (Å²) in [6.07, 6.45) is 5.28. The molecule has 5 nitrogen and oxygen atoms in total. The predicted octanol–water partition coefficient (Wildman–Crippen LogP) is 1.91. The van der Waals surface area contributed by atoms with Crippen molar-refractivity contribution in [2.75, 3.05) is 0 Å². The maximum Gasteiger partial charge on any atom is 0.161 e. The summed E-state index contributed by atoms with van der Waals surface area (Å²) in [6.45, 7) is 6.32. The standard InChI is InChI=1S/C12H16N4O/c1-9(2)16-12(13-8-14-16)7-15-5-4-11(6-15)10(3)17/h4-6,8-9H,7H2,1-3H3. The molecule has 0 bridgehead atoms. The zero-order valence-corrected chi connectivity index (χ0v) is 10.3. The Bertz CT molecular complexity index is 524. The van der Waals surface area contributed by atoms with Crippen molar-refractivity contribution in [2.24, 2.45) is 0 Å². The molecular formula is C12H16N4O. The van der Waals surface area contributed by atoms with Crippen LogP contribution in [-0.2, 0) is 6.54 Å². The fraction of sp³-hybridized carbons (Fsp3) is 0.417. The average molecular weight is 232 g/mol. The SMILES string of the molecule is CC(=O)c1ccn(Cc2ncnn2C(C)C)c1. The van der Waals surface area contributed by atoms with E-state index in [-0.39, 0.29) is 11.8 Å². The Morgan fingerprint density at radius 1 is 1.47 bits per heavy atom. The van der Waals surface area contributed by atoms with Crippen molar-refractivity contribution in [1.29, 1.82) is 0 Å². The number of Topliss-reactive ketones (excluding diaryl/α,β-unsaturated/α-hetero) is 1. The lowest BCUT2D eigenvalue weighted by Gasteiger charge is -2.09. The van der Waals surface area contributed by atoms with Crippen LogP contribution < -0.4 is 0 Å². The highest BCUT2D eigenvalue weighted by Gasteiger charge is 2.09. The smallest absolute Gasteiger partial charge is 0.161 e. The molecule has 0 spiro atoms. The molecule has 2 aromatic heterocycles. The summed E-state index contributed by atoms with van der Waals surface area (Å²) in [5.74, 6) is 0.972. The van der Waals surface area contributed by atoms with E-state index in [2.05, 4.69) is 23.9 Å². The molecule has 0 radical (unpaired) electrons. The van der Waals surface area contributed by atoms with Gasteiger partial charge in [0.05, 0.1) is 6.54 Å². The normalized spacial score (nSPS) is 11.1. The Morgan fingerprint density at radius 2 is 2.24 bits per heavy atom. The van der Waals surface area contributed by atoms with Crippen LogP contribution in [0.15, 0.2) is 24.8 Å². The van der Waals surface area contributed by atoms with Gasteiger partial charge in [0.2, 0.25) is 0 Å². The van der Waals surface area contributed by atoms with Gasteiger partial charge in [0.25, 0.3) is 0 Å². The van der Waals surface area contributed by atoms with Crippen molar-refractivity contribution in [3.8, 4) is 0 Å². The first-order valence-corrected chi connectivity index (χ1v) is 5.63. The van der Waals surface area contributed by atoms with E-state index in [1.54, 1.807) is 13.3 Å². The lowest BCUT2D eigenvalue weighted by molar-refractivity contribution is 0.101. The molecule has 0 aliphatic rings. The first-order valence-electron chi connectivity index (χ1n) is 5.63. The third-order valence-corrected chi connectivity index (χ3v) is 2.62. The molecule has 17 heavy (non-hydrogen) atoms. The maximum absolute atomic E-state index is 11.2. The van der Waals surface area contributed by atoms with Crippen LogP contribution in [-0.4, -0.2) is 25.1 Å². The Hall–Kier alpha value is -1.91. The van der Waals surface area contributed by atoms with E-state index >= 15 is 0 Å². The van der Waals surface area contributed by atoms with E-state index in [0.29, 0.717) is 6.54 Å². The van der Waals surface area contributed by atoms with Gasteiger partial charge in [-0.2, -0.15) is 5.10 Å². The van der Waals surface area contributed by atoms with E-state index in [0.717, 1.165) is 11.4 Å². The molecule has 5 heteroatoms. The number of carbonyl (C=O) groups is 1. The minimum Gasteiger partial charge on any atom is -0.346 e. The number of aromatic nitrogens is 4. The first kappa shape index (κ1) is 11.6. The average Bonchev–Trinajstić information content (AvgIpc) is 2.86. The molecule has 0 amide bonds. The van der Waals surface area contributed by atoms with E-state index in [9.17, 15) is 4.79 Å². The van der Waals surface area contributed by atoms with Gasteiger partial charge >= 0.3 is 0 Å². The quantitative estimate of drug-likeness (QED) is 0.757. The third kappa shape index (κ3) is 2.43. The van der Waals surface area contributed by atoms with Gasteiger partial charge in [-0.3, -0.25) is 4.79 Å². The van der Waals surface area contributed by atoms with Crippen LogP contribution in [0.1, 0.15) is 43.0 Å². The van der Waals surface area contributed by atoms with Gasteiger partial charge < -0.3 is 4.57 Å². The highest BCUT2D eigenvalue weighted by molar-refractivity contribution is 5.93. The van der Waals surface area contributed by atoms with Crippen LogP contribution in [0, 0.1) is 0 Å². The lowest BCUT2D eigenvalue weighted by atomic mass is 10.2. The van der Waals surface area contributed by atoms with Crippen LogP contribution in [0.5, 0.6) is 0 Å². The highest BCUT2D eigenvalue weighted by atomic mass is 16.1. The summed E-state index contributed by atoms with van der Waals surface area (Å²) in [5.41, 5.74) is 0.723. The van der Waals surface area contributed by atoms with Crippen LogP contribution in [0.3, 0.4) is 0 Å². The van der Waals surface area contributed by atoms with Gasteiger partial charge in [-0.1, -0.05) is 0 Å². The summed E-state index contributed by atoms with van der Waals surface area (Å²) in [6, 6.07) is 2.11. The molecule has 2 rings (SSSR count). The molecular weight excluding hydrogens is 216 g/mol. The van der Waals surface area contributed by atoms with Crippen molar-refractivity contribution in [1.82, 2.24) is 19.3 Å². The van der Waals surface area contributed by atoms with Gasteiger partial charge in [0.1, 0.15) is 12.2 Å². The van der Waals surface area contributed by atoms with Gasteiger partial charge in [-0.15, -0.1) is 0 Å². The zero-order chi connectivity index (χ0) is 12.4. The second-order valence-corrected chi connectivity index (χ2v) is 4.34. The van der Waals surface area contributed by atoms with Gasteiger partial charge in [-0.25, -0.2) is 9.67 Å². The predicted molar refractivity (Wildman–Crippen MR) is 63.9 cm³/mol. The van der Waals surface area contributed by atoms with E-state index in [1.807, 2.05) is 27.7 Å². The van der Waals surface area contributed by atoms with Gasteiger partial charge in [0, 0.05) is 24.0 Å². The Kier molecular flexibility index (Phi) is 3.08. The topological polar surface area (TPSA) is 52.7 Å². The lowest BCUT2D eigenvalue weighted by Crippen LogP contribution is -2.11. The molecule has 0 aliphatic heterocycles. The van der Waals surface area contributed by atoms with Crippen molar-refractivity contribution >= 4 is 5.78 Å². The summed E-state index contributed by atoms with van der Waals surface area (Å²) in [5, 5.41) is 4.18. The van der Waals surface area contributed by atoms with Crippen molar-refractivity contribution in [2.45, 2.75) is 33.4 Å². The van der Waals surface area contributed by atoms with E-state index in [1.165, 1.54) is 0 Å². The fourth-order valence-corrected chi connectivity index (χ4v) is 1.73. The molecule has 0 unspecified atom stereocenters. The largest absolute Gasteiger partial charge is 0.346 e. The third-order valence-electron chi connectivity index (χ3n) is 2.62. The second-order valence-electron chi connectivity index (χ2n) is 4.34. The summed E-state index contributed by atoms with van der Waals surface area (Å²) >= 11 is 0. The minimum atomic E-state index is 0.0778. The number of hydrogen-bond acceptors (Lipinski definition) is 3. The highest BCUT2D eigenvalue weighted by Crippen LogP contribution is 2.09. The number of ketones is 1. The van der Waals surface area contributed by atoms with Crippen molar-refractivity contribution in [3.05, 3.63) is 36.2 Å². The van der Waals surface area contributed by atoms with Crippen LogP contribution in [0.2, 0.25) is 0 Å². The zero-order valence-electron chi connectivity index (χ0n) is 10.3. The Labute approximate surface area is 100 Å². The molecule has 90 valence electrons. The number of carbonyl (C=O) groups excluding carboxylic acids is 1. The molecule has 2 aromatic rings. The monoisotopic (exact) mass is 232 g/mol. The van der Waals surface area contributed by atoms with Crippen LogP contribution >= 0.6 is 0 Å². The number of hydrogen-bond donors (Lipinski definition) is 0. The summed E-state index contributed by atoms with van der Waals surface area (Å²) in [4.78, 5) is 15.4. The molecule has 0 aliphatic carbocycles. The number of nitrogens with zero attached hydrogens (tertiary/aromatic N) is 4. The molecule has 0 N–H and O–H groups in total. The van der Waals surface area contributed by atoms with Gasteiger partial charge in [0.15, 0.2) is 5.78 Å². The van der Waals surface area contributed by atoms with Crippen molar-refractivity contribution < 1.29 is 4.79 Å². The van der Waals surface area contributed by atoms with Crippen LogP contribution in [0.25, 0.3) is 0 Å². The van der Waals surface area contributed by atoms with Crippen molar-refractivity contribution in [3.63, 3.8) is 0 Å². The number of rotatable bonds is 4. The fourth-order valence-electron chi connectivity index (χ4n) is 1.73. The molecule has 0 aromatic carbocycles. The summed E-state index contributed by atoms with van der Waals surface area (Å²) in [7, 11) is 0. The molecule has 0 saturated heterocycles. The molecule has 2 heterocycles. The van der Waals surface area contributed by atoms with E-state index < -0.39 is 0 Å². The summed E-state index contributed by atoms with van der Waals surface area (Å²) < 4.78 is 3.83. The van der Waals surface area contributed by atoms with Crippen LogP contribution in [0.4, 0.5) is 0 Å². The van der Waals surface area contributed by atoms with E-state index in [4.69, 9.17) is 0 Å². The minimum absolute atomic E-state index is 0.0778. The molecule has 0 saturated carbocycles. The molecule has 0 fully saturated rings. The maximum atomic E-state index is 11.2. The Balaban J connectivity index is 2.19. The second kappa shape index (κ2) is 4.53. The Morgan fingerprint density at radius 3 is 2.82 bits per heavy atom. The molecule has 0 atom stereocenters.